The molecule has 0 heterocycles. The molecule has 0 aromatic heterocycles. The number of benzene rings is 1. The van der Waals surface area contributed by atoms with Crippen LogP contribution in [0.1, 0.15) is 13.3 Å². The summed E-state index contributed by atoms with van der Waals surface area (Å²) < 4.78 is 28.6. The minimum absolute atomic E-state index is 0.0280. The molecule has 1 aromatic rings. The van der Waals surface area contributed by atoms with Crippen molar-refractivity contribution in [3.05, 3.63) is 41.6 Å². The molecule has 2 N–H and O–H groups in total. The monoisotopic (exact) mass is 336 g/mol. The summed E-state index contributed by atoms with van der Waals surface area (Å²) in [5.41, 5.74) is 5.10. The Hall–Kier alpha value is -2.66. The van der Waals surface area contributed by atoms with E-state index in [0.717, 1.165) is 0 Å². The fourth-order valence-electron chi connectivity index (χ4n) is 1.62. The van der Waals surface area contributed by atoms with Crippen molar-refractivity contribution in [1.29, 1.82) is 5.26 Å². The molecule has 7 nitrogen and oxygen atoms in total. The second-order valence-electron chi connectivity index (χ2n) is 4.64. The largest absolute Gasteiger partial charge is 0.457 e. The molecule has 0 aliphatic heterocycles. The van der Waals surface area contributed by atoms with E-state index < -0.39 is 40.4 Å². The highest BCUT2D eigenvalue weighted by Gasteiger charge is 2.18. The lowest BCUT2D eigenvalue weighted by Gasteiger charge is -2.06. The Balaban J connectivity index is 2.55. The van der Waals surface area contributed by atoms with Crippen molar-refractivity contribution >= 4 is 21.6 Å². The Bertz CT molecular complexity index is 757. The number of nitrogens with zero attached hydrogens (tertiary/aromatic N) is 1. The first-order chi connectivity index (χ1) is 10.8. The summed E-state index contributed by atoms with van der Waals surface area (Å²) in [6.45, 7) is 0.729. The molecule has 1 aromatic carbocycles. The summed E-state index contributed by atoms with van der Waals surface area (Å²) >= 11 is 0. The van der Waals surface area contributed by atoms with Gasteiger partial charge in [0, 0.05) is 5.70 Å². The van der Waals surface area contributed by atoms with E-state index in [9.17, 15) is 18.0 Å². The zero-order valence-electron chi connectivity index (χ0n) is 12.5. The van der Waals surface area contributed by atoms with Gasteiger partial charge in [-0.25, -0.2) is 8.42 Å². The molecule has 8 heteroatoms. The molecule has 0 unspecified atom stereocenters. The Morgan fingerprint density at radius 2 is 1.87 bits per heavy atom. The first-order valence-corrected chi connectivity index (χ1v) is 8.26. The van der Waals surface area contributed by atoms with Crippen LogP contribution in [-0.4, -0.2) is 32.5 Å². The quantitative estimate of drug-likeness (QED) is 0.441. The number of carbonyl (C=O) groups excluding carboxylic acids is 2. The Labute approximate surface area is 134 Å². The number of carbonyl (C=O) groups is 2. The smallest absolute Gasteiger partial charge is 0.307 e. The fourth-order valence-corrected chi connectivity index (χ4v) is 2.87. The number of hydrogen-bond donors (Lipinski definition) is 1. The number of ketones is 1. The van der Waals surface area contributed by atoms with Gasteiger partial charge in [-0.15, -0.1) is 0 Å². The number of rotatable bonds is 7. The molecule has 0 amide bonds. The van der Waals surface area contributed by atoms with Crippen LogP contribution in [0, 0.1) is 11.3 Å². The molecule has 0 spiro atoms. The number of esters is 1. The van der Waals surface area contributed by atoms with E-state index in [1.807, 2.05) is 0 Å². The predicted molar refractivity (Wildman–Crippen MR) is 81.6 cm³/mol. The lowest BCUT2D eigenvalue weighted by atomic mass is 10.1. The van der Waals surface area contributed by atoms with Crippen LogP contribution in [0.25, 0.3) is 0 Å². The topological polar surface area (TPSA) is 127 Å². The van der Waals surface area contributed by atoms with Gasteiger partial charge < -0.3 is 10.5 Å². The molecule has 0 saturated carbocycles. The van der Waals surface area contributed by atoms with E-state index in [-0.39, 0.29) is 16.2 Å². The molecule has 122 valence electrons. The van der Waals surface area contributed by atoms with Crippen molar-refractivity contribution < 1.29 is 22.7 Å². The summed E-state index contributed by atoms with van der Waals surface area (Å²) in [6.07, 6.45) is -0.391. The zero-order valence-corrected chi connectivity index (χ0v) is 13.3. The number of allylic oxidation sites excluding steroid dienone is 1. The van der Waals surface area contributed by atoms with Crippen LogP contribution >= 0.6 is 0 Å². The van der Waals surface area contributed by atoms with Gasteiger partial charge in [-0.2, -0.15) is 5.26 Å². The molecule has 23 heavy (non-hydrogen) atoms. The van der Waals surface area contributed by atoms with E-state index in [0.29, 0.717) is 0 Å². The van der Waals surface area contributed by atoms with Crippen LogP contribution in [0.3, 0.4) is 0 Å². The van der Waals surface area contributed by atoms with E-state index >= 15 is 0 Å². The summed E-state index contributed by atoms with van der Waals surface area (Å²) in [5, 5.41) is 8.74. The lowest BCUT2D eigenvalue weighted by Crippen LogP contribution is -2.19. The summed E-state index contributed by atoms with van der Waals surface area (Å²) in [4.78, 5) is 23.2. The van der Waals surface area contributed by atoms with Crippen LogP contribution in [0.5, 0.6) is 0 Å². The van der Waals surface area contributed by atoms with Gasteiger partial charge in [0.15, 0.2) is 16.4 Å². The van der Waals surface area contributed by atoms with Crippen LogP contribution in [0.2, 0.25) is 0 Å². The third-order valence-corrected chi connectivity index (χ3v) is 4.56. The van der Waals surface area contributed by atoms with E-state index in [4.69, 9.17) is 11.0 Å². The number of ether oxygens (including phenoxy) is 1. The van der Waals surface area contributed by atoms with Crippen LogP contribution in [0.15, 0.2) is 46.5 Å². The lowest BCUT2D eigenvalue weighted by molar-refractivity contribution is -0.146. The van der Waals surface area contributed by atoms with Crippen molar-refractivity contribution in [2.45, 2.75) is 18.2 Å². The molecule has 0 radical (unpaired) electrons. The zero-order chi connectivity index (χ0) is 17.5. The second kappa shape index (κ2) is 8.10. The highest BCUT2D eigenvalue weighted by molar-refractivity contribution is 7.91. The number of Topliss-reactive ketones (excluding diaryl/α,β-unsaturated/α-hetero) is 1. The van der Waals surface area contributed by atoms with Crippen molar-refractivity contribution in [1.82, 2.24) is 0 Å². The minimum Gasteiger partial charge on any atom is -0.457 e. The maximum absolute atomic E-state index is 12.0. The molecule has 0 bridgehead atoms. The Kier molecular flexibility index (Phi) is 6.48. The third-order valence-electron chi connectivity index (χ3n) is 2.83. The van der Waals surface area contributed by atoms with Gasteiger partial charge in [0.1, 0.15) is 11.6 Å². The van der Waals surface area contributed by atoms with E-state index in [2.05, 4.69) is 4.74 Å². The Morgan fingerprint density at radius 3 is 2.39 bits per heavy atom. The number of hydrogen-bond acceptors (Lipinski definition) is 7. The van der Waals surface area contributed by atoms with Crippen molar-refractivity contribution in [3.8, 4) is 6.07 Å². The van der Waals surface area contributed by atoms with E-state index in [1.165, 1.54) is 19.1 Å². The number of nitrogens with two attached hydrogens (primary N) is 1. The molecule has 0 atom stereocenters. The maximum atomic E-state index is 12.0. The highest BCUT2D eigenvalue weighted by Crippen LogP contribution is 2.11. The van der Waals surface area contributed by atoms with Crippen LogP contribution < -0.4 is 5.73 Å². The van der Waals surface area contributed by atoms with Crippen LogP contribution in [0.4, 0.5) is 0 Å². The molecule has 0 saturated heterocycles. The van der Waals surface area contributed by atoms with Crippen molar-refractivity contribution in [2.24, 2.45) is 5.73 Å². The van der Waals surface area contributed by atoms with E-state index in [1.54, 1.807) is 24.3 Å². The normalized spacial score (nSPS) is 12.0. The van der Waals surface area contributed by atoms with Gasteiger partial charge in [-0.3, -0.25) is 9.59 Å². The van der Waals surface area contributed by atoms with Crippen molar-refractivity contribution in [2.75, 3.05) is 12.4 Å². The maximum Gasteiger partial charge on any atom is 0.307 e. The Morgan fingerprint density at radius 1 is 1.26 bits per heavy atom. The number of nitriles is 1. The van der Waals surface area contributed by atoms with Crippen molar-refractivity contribution in [3.63, 3.8) is 0 Å². The predicted octanol–water partition coefficient (Wildman–Crippen LogP) is 0.719. The fraction of sp³-hybridized carbons (Fsp3) is 0.267. The average Bonchev–Trinajstić information content (AvgIpc) is 2.52. The highest BCUT2D eigenvalue weighted by atomic mass is 32.2. The summed E-state index contributed by atoms with van der Waals surface area (Å²) in [6, 6.07) is 9.31. The summed E-state index contributed by atoms with van der Waals surface area (Å²) in [5.74, 6) is -2.00. The van der Waals surface area contributed by atoms with Gasteiger partial charge in [-0.1, -0.05) is 18.2 Å². The SMILES string of the molecule is C/C(N)=C(\C#N)C(=O)COC(=O)CCS(=O)(=O)c1ccccc1. The third kappa shape index (κ3) is 5.56. The van der Waals surface area contributed by atoms with Gasteiger partial charge in [-0.05, 0) is 19.1 Å². The van der Waals surface area contributed by atoms with Gasteiger partial charge in [0.25, 0.3) is 0 Å². The molecule has 1 rings (SSSR count). The molecule has 0 fully saturated rings. The first-order valence-electron chi connectivity index (χ1n) is 6.61. The molecule has 0 aliphatic carbocycles. The second-order valence-corrected chi connectivity index (χ2v) is 6.74. The van der Waals surface area contributed by atoms with Gasteiger partial charge >= 0.3 is 5.97 Å². The summed E-state index contributed by atoms with van der Waals surface area (Å²) in [7, 11) is -3.60. The van der Waals surface area contributed by atoms with Gasteiger partial charge in [0.05, 0.1) is 17.1 Å². The standard InChI is InChI=1S/C15H16N2O5S/c1-11(17)13(9-16)14(18)10-22-15(19)7-8-23(20,21)12-5-3-2-4-6-12/h2-6H,7-8,10,17H2,1H3/b13-11-. The first kappa shape index (κ1) is 18.4. The van der Waals surface area contributed by atoms with Crippen LogP contribution in [-0.2, 0) is 24.2 Å². The molecular weight excluding hydrogens is 320 g/mol. The average molecular weight is 336 g/mol. The minimum atomic E-state index is -3.60. The number of sulfone groups is 1. The molecular formula is C15H16N2O5S. The van der Waals surface area contributed by atoms with Gasteiger partial charge in [0.2, 0.25) is 5.78 Å². The molecule has 0 aliphatic rings.